The van der Waals surface area contributed by atoms with Crippen LogP contribution >= 0.6 is 11.3 Å². The Morgan fingerprint density at radius 2 is 2.26 bits per heavy atom. The van der Waals surface area contributed by atoms with Crippen LogP contribution in [0, 0.1) is 18.8 Å². The first-order chi connectivity index (χ1) is 9.09. The zero-order valence-electron chi connectivity index (χ0n) is 11.7. The Hall–Kier alpha value is -0.870. The number of carboxylic acids is 1. The molecule has 1 aliphatic carbocycles. The van der Waals surface area contributed by atoms with Crippen LogP contribution in [0.5, 0.6) is 0 Å². The average molecular weight is 281 g/mol. The van der Waals surface area contributed by atoms with Crippen molar-refractivity contribution in [2.75, 3.05) is 6.54 Å². The van der Waals surface area contributed by atoms with Gasteiger partial charge in [-0.2, -0.15) is 0 Å². The van der Waals surface area contributed by atoms with Gasteiger partial charge in [0.05, 0.1) is 5.92 Å². The molecule has 3 unspecified atom stereocenters. The maximum absolute atomic E-state index is 11.3. The fourth-order valence-corrected chi connectivity index (χ4v) is 3.99. The Labute approximate surface area is 119 Å². The lowest BCUT2D eigenvalue weighted by atomic mass is 9.79. The summed E-state index contributed by atoms with van der Waals surface area (Å²) in [6.07, 6.45) is 4.11. The average Bonchev–Trinajstić information content (AvgIpc) is 2.82. The predicted octanol–water partition coefficient (Wildman–Crippen LogP) is 3.60. The van der Waals surface area contributed by atoms with E-state index in [-0.39, 0.29) is 11.8 Å². The van der Waals surface area contributed by atoms with Crippen molar-refractivity contribution in [3.8, 4) is 0 Å². The van der Waals surface area contributed by atoms with E-state index in [4.69, 9.17) is 0 Å². The topological polar surface area (TPSA) is 49.3 Å². The highest BCUT2D eigenvalue weighted by atomic mass is 32.1. The summed E-state index contributed by atoms with van der Waals surface area (Å²) in [5.74, 6) is -0.488. The van der Waals surface area contributed by atoms with Crippen molar-refractivity contribution < 1.29 is 9.90 Å². The van der Waals surface area contributed by atoms with Crippen LogP contribution in [-0.2, 0) is 4.79 Å². The molecule has 1 aromatic rings. The third-order valence-electron chi connectivity index (χ3n) is 4.21. The van der Waals surface area contributed by atoms with Crippen molar-refractivity contribution in [3.05, 3.63) is 21.9 Å². The summed E-state index contributed by atoms with van der Waals surface area (Å²) in [4.78, 5) is 12.6. The minimum atomic E-state index is -0.619. The summed E-state index contributed by atoms with van der Waals surface area (Å²) in [7, 11) is 0. The first kappa shape index (κ1) is 14.5. The van der Waals surface area contributed by atoms with E-state index in [1.807, 2.05) is 0 Å². The number of rotatable bonds is 5. The van der Waals surface area contributed by atoms with E-state index >= 15 is 0 Å². The molecule has 106 valence electrons. The lowest BCUT2D eigenvalue weighted by molar-refractivity contribution is -0.144. The second-order valence-corrected chi connectivity index (χ2v) is 6.53. The van der Waals surface area contributed by atoms with E-state index < -0.39 is 5.97 Å². The molecule has 0 spiro atoms. The van der Waals surface area contributed by atoms with Crippen molar-refractivity contribution in [3.63, 3.8) is 0 Å². The number of hydrogen-bond donors (Lipinski definition) is 2. The van der Waals surface area contributed by atoms with Crippen molar-refractivity contribution in [2.24, 2.45) is 11.8 Å². The largest absolute Gasteiger partial charge is 0.481 e. The van der Waals surface area contributed by atoms with Gasteiger partial charge < -0.3 is 10.4 Å². The standard InChI is InChI=1S/C15H23NO2S/c1-10-7-8-19-14(10)11(2)16-9-12-5-3-4-6-13(12)15(17)18/h7-8,11-13,16H,3-6,9H2,1-2H3,(H,17,18). The molecule has 0 aliphatic heterocycles. The molecular weight excluding hydrogens is 258 g/mol. The second kappa shape index (κ2) is 6.53. The Bertz CT molecular complexity index is 430. The molecule has 0 saturated heterocycles. The van der Waals surface area contributed by atoms with Crippen molar-refractivity contribution in [1.82, 2.24) is 5.32 Å². The summed E-state index contributed by atoms with van der Waals surface area (Å²) >= 11 is 1.77. The lowest BCUT2D eigenvalue weighted by Crippen LogP contribution is -2.35. The van der Waals surface area contributed by atoms with E-state index in [0.717, 1.165) is 25.8 Å². The van der Waals surface area contributed by atoms with Gasteiger partial charge in [-0.1, -0.05) is 12.8 Å². The maximum atomic E-state index is 11.3. The number of thiophene rings is 1. The number of carbonyl (C=O) groups is 1. The van der Waals surface area contributed by atoms with Crippen molar-refractivity contribution in [1.29, 1.82) is 0 Å². The van der Waals surface area contributed by atoms with Gasteiger partial charge in [-0.25, -0.2) is 0 Å². The van der Waals surface area contributed by atoms with Crippen LogP contribution in [0.3, 0.4) is 0 Å². The van der Waals surface area contributed by atoms with Crippen LogP contribution in [0.2, 0.25) is 0 Å². The fraction of sp³-hybridized carbons (Fsp3) is 0.667. The predicted molar refractivity (Wildman–Crippen MR) is 78.6 cm³/mol. The summed E-state index contributed by atoms with van der Waals surface area (Å²) in [5.41, 5.74) is 1.32. The van der Waals surface area contributed by atoms with Crippen LogP contribution in [0.15, 0.2) is 11.4 Å². The van der Waals surface area contributed by atoms with Crippen LogP contribution in [0.4, 0.5) is 0 Å². The van der Waals surface area contributed by atoms with Crippen LogP contribution in [0.1, 0.15) is 49.1 Å². The maximum Gasteiger partial charge on any atom is 0.306 e. The van der Waals surface area contributed by atoms with E-state index in [9.17, 15) is 9.90 Å². The highest BCUT2D eigenvalue weighted by Crippen LogP contribution is 2.31. The summed E-state index contributed by atoms with van der Waals surface area (Å²) in [6, 6.07) is 2.45. The summed E-state index contributed by atoms with van der Waals surface area (Å²) < 4.78 is 0. The molecule has 0 amide bonds. The molecule has 0 bridgehead atoms. The van der Waals surface area contributed by atoms with E-state index in [2.05, 4.69) is 30.6 Å². The minimum absolute atomic E-state index is 0.155. The molecule has 0 radical (unpaired) electrons. The molecule has 1 aliphatic rings. The van der Waals surface area contributed by atoms with Crippen LogP contribution < -0.4 is 5.32 Å². The van der Waals surface area contributed by atoms with Gasteiger partial charge in [0.2, 0.25) is 0 Å². The smallest absolute Gasteiger partial charge is 0.306 e. The highest BCUT2D eigenvalue weighted by molar-refractivity contribution is 7.10. The van der Waals surface area contributed by atoms with E-state index in [0.29, 0.717) is 6.04 Å². The Kier molecular flexibility index (Phi) is 4.99. The number of aryl methyl sites for hydroxylation is 1. The van der Waals surface area contributed by atoms with Gasteiger partial charge in [-0.05, 0) is 56.2 Å². The number of aliphatic carboxylic acids is 1. The van der Waals surface area contributed by atoms with Gasteiger partial charge in [0.1, 0.15) is 0 Å². The summed E-state index contributed by atoms with van der Waals surface area (Å²) in [6.45, 7) is 5.11. The van der Waals surface area contributed by atoms with Gasteiger partial charge in [0, 0.05) is 10.9 Å². The van der Waals surface area contributed by atoms with Gasteiger partial charge >= 0.3 is 5.97 Å². The quantitative estimate of drug-likeness (QED) is 0.867. The molecule has 3 atom stereocenters. The third-order valence-corrected chi connectivity index (χ3v) is 5.41. The van der Waals surface area contributed by atoms with Crippen LogP contribution in [-0.4, -0.2) is 17.6 Å². The molecule has 0 aromatic carbocycles. The fourth-order valence-electron chi connectivity index (χ4n) is 3.03. The molecule has 1 fully saturated rings. The Balaban J connectivity index is 1.90. The van der Waals surface area contributed by atoms with Crippen molar-refractivity contribution in [2.45, 2.75) is 45.6 Å². The van der Waals surface area contributed by atoms with E-state index in [1.54, 1.807) is 11.3 Å². The minimum Gasteiger partial charge on any atom is -0.481 e. The van der Waals surface area contributed by atoms with Gasteiger partial charge in [0.25, 0.3) is 0 Å². The summed E-state index contributed by atoms with van der Waals surface area (Å²) in [5, 5.41) is 14.9. The monoisotopic (exact) mass is 281 g/mol. The number of hydrogen-bond acceptors (Lipinski definition) is 3. The first-order valence-electron chi connectivity index (χ1n) is 7.09. The highest BCUT2D eigenvalue weighted by Gasteiger charge is 2.30. The van der Waals surface area contributed by atoms with Gasteiger partial charge in [0.15, 0.2) is 0 Å². The van der Waals surface area contributed by atoms with Crippen molar-refractivity contribution >= 4 is 17.3 Å². The Morgan fingerprint density at radius 3 is 2.89 bits per heavy atom. The van der Waals surface area contributed by atoms with E-state index in [1.165, 1.54) is 16.9 Å². The number of carboxylic acid groups (broad SMARTS) is 1. The van der Waals surface area contributed by atoms with Gasteiger partial charge in [-0.3, -0.25) is 4.79 Å². The first-order valence-corrected chi connectivity index (χ1v) is 7.97. The molecule has 1 heterocycles. The molecule has 1 aromatic heterocycles. The molecule has 4 heteroatoms. The lowest BCUT2D eigenvalue weighted by Gasteiger charge is -2.29. The normalized spacial score (nSPS) is 25.2. The van der Waals surface area contributed by atoms with Gasteiger partial charge in [-0.15, -0.1) is 11.3 Å². The zero-order valence-corrected chi connectivity index (χ0v) is 12.5. The SMILES string of the molecule is Cc1ccsc1C(C)NCC1CCCCC1C(=O)O. The Morgan fingerprint density at radius 1 is 1.53 bits per heavy atom. The molecule has 19 heavy (non-hydrogen) atoms. The third kappa shape index (κ3) is 3.57. The number of nitrogens with one attached hydrogen (secondary N) is 1. The second-order valence-electron chi connectivity index (χ2n) is 5.59. The zero-order chi connectivity index (χ0) is 13.8. The molecule has 2 N–H and O–H groups in total. The molecule has 1 saturated carbocycles. The molecular formula is C15H23NO2S. The molecule has 2 rings (SSSR count). The van der Waals surface area contributed by atoms with Crippen LogP contribution in [0.25, 0.3) is 0 Å². The molecule has 3 nitrogen and oxygen atoms in total.